The molecule has 0 aliphatic carbocycles. The molecule has 3 heterocycles. The molecule has 0 unspecified atom stereocenters. The quantitative estimate of drug-likeness (QED) is 0.298. The molecule has 3 aromatic carbocycles. The van der Waals surface area contributed by atoms with Crippen molar-refractivity contribution in [1.29, 1.82) is 0 Å². The van der Waals surface area contributed by atoms with Crippen LogP contribution in [0.25, 0.3) is 23.0 Å². The summed E-state index contributed by atoms with van der Waals surface area (Å²) in [5.41, 5.74) is 4.13. The lowest BCUT2D eigenvalue weighted by Gasteiger charge is -2.27. The number of amidine groups is 1. The molecular formula is C30H25FN4O3S. The lowest BCUT2D eigenvalue weighted by atomic mass is 10.1. The SMILES string of the molecule is O=C1N=C(N2CCOCC2)S/C1=C\c1cn(-c2ccccc2)nc1-c1cccc(OCc2ccc(F)cc2)c1. The Hall–Kier alpha value is -4.21. The summed E-state index contributed by atoms with van der Waals surface area (Å²) in [5.74, 6) is 0.128. The van der Waals surface area contributed by atoms with E-state index in [1.165, 1.54) is 23.9 Å². The lowest BCUT2D eigenvalue weighted by molar-refractivity contribution is -0.113. The summed E-state index contributed by atoms with van der Waals surface area (Å²) >= 11 is 1.38. The fourth-order valence-electron chi connectivity index (χ4n) is 4.34. The third-order valence-corrected chi connectivity index (χ3v) is 7.41. The topological polar surface area (TPSA) is 69.0 Å². The Bertz CT molecular complexity index is 1540. The van der Waals surface area contributed by atoms with Crippen LogP contribution in [0, 0.1) is 5.82 Å². The minimum absolute atomic E-state index is 0.253. The maximum atomic E-state index is 13.2. The molecule has 0 N–H and O–H groups in total. The molecule has 0 radical (unpaired) electrons. The Balaban J connectivity index is 1.30. The van der Waals surface area contributed by atoms with Crippen molar-refractivity contribution in [1.82, 2.24) is 14.7 Å². The van der Waals surface area contributed by atoms with E-state index in [1.54, 1.807) is 12.1 Å². The Morgan fingerprint density at radius 3 is 2.59 bits per heavy atom. The predicted octanol–water partition coefficient (Wildman–Crippen LogP) is 5.56. The maximum absolute atomic E-state index is 13.2. The molecule has 0 saturated carbocycles. The molecule has 39 heavy (non-hydrogen) atoms. The van der Waals surface area contributed by atoms with E-state index in [0.29, 0.717) is 54.4 Å². The van der Waals surface area contributed by atoms with E-state index in [4.69, 9.17) is 14.6 Å². The monoisotopic (exact) mass is 540 g/mol. The van der Waals surface area contributed by atoms with E-state index in [0.717, 1.165) is 22.4 Å². The first kappa shape index (κ1) is 25.1. The number of amides is 1. The van der Waals surface area contributed by atoms with Gasteiger partial charge in [0.25, 0.3) is 5.91 Å². The van der Waals surface area contributed by atoms with Crippen LogP contribution in [0.5, 0.6) is 5.75 Å². The van der Waals surface area contributed by atoms with Gasteiger partial charge >= 0.3 is 0 Å². The second-order valence-electron chi connectivity index (χ2n) is 9.07. The number of ether oxygens (including phenoxy) is 2. The molecule has 0 bridgehead atoms. The number of nitrogens with zero attached hydrogens (tertiary/aromatic N) is 4. The van der Waals surface area contributed by atoms with E-state index in [-0.39, 0.29) is 11.7 Å². The fourth-order valence-corrected chi connectivity index (χ4v) is 5.30. The number of rotatable bonds is 6. The zero-order chi connectivity index (χ0) is 26.6. The molecule has 196 valence electrons. The fraction of sp³-hybridized carbons (Fsp3) is 0.167. The van der Waals surface area contributed by atoms with E-state index in [1.807, 2.05) is 71.6 Å². The van der Waals surface area contributed by atoms with Crippen LogP contribution >= 0.6 is 11.8 Å². The van der Waals surface area contributed by atoms with E-state index in [9.17, 15) is 9.18 Å². The number of carbonyl (C=O) groups excluding carboxylic acids is 1. The molecule has 4 aromatic rings. The van der Waals surface area contributed by atoms with Crippen LogP contribution in [0.4, 0.5) is 4.39 Å². The molecule has 0 spiro atoms. The Labute approximate surface area is 229 Å². The summed E-state index contributed by atoms with van der Waals surface area (Å²) in [6.45, 7) is 3.00. The van der Waals surface area contributed by atoms with Gasteiger partial charge in [-0.2, -0.15) is 10.1 Å². The zero-order valence-corrected chi connectivity index (χ0v) is 21.8. The third-order valence-electron chi connectivity index (χ3n) is 6.37. The van der Waals surface area contributed by atoms with E-state index < -0.39 is 0 Å². The highest BCUT2D eigenvalue weighted by molar-refractivity contribution is 8.18. The maximum Gasteiger partial charge on any atom is 0.286 e. The first-order valence-corrected chi connectivity index (χ1v) is 13.4. The number of aromatic nitrogens is 2. The molecular weight excluding hydrogens is 515 g/mol. The number of thioether (sulfide) groups is 1. The average Bonchev–Trinajstić information content (AvgIpc) is 3.57. The second-order valence-corrected chi connectivity index (χ2v) is 10.1. The number of benzene rings is 3. The van der Waals surface area contributed by atoms with Gasteiger partial charge in [-0.3, -0.25) is 4.79 Å². The van der Waals surface area contributed by atoms with Gasteiger partial charge < -0.3 is 14.4 Å². The summed E-state index contributed by atoms with van der Waals surface area (Å²) in [6.07, 6.45) is 3.78. The van der Waals surface area contributed by atoms with Crippen molar-refractivity contribution in [3.63, 3.8) is 0 Å². The van der Waals surface area contributed by atoms with Crippen LogP contribution in [-0.4, -0.2) is 52.1 Å². The molecule has 1 amide bonds. The highest BCUT2D eigenvalue weighted by Gasteiger charge is 2.28. The molecule has 9 heteroatoms. The summed E-state index contributed by atoms with van der Waals surface area (Å²) in [4.78, 5) is 19.8. The largest absolute Gasteiger partial charge is 0.489 e. The van der Waals surface area contributed by atoms with Crippen molar-refractivity contribution in [2.24, 2.45) is 4.99 Å². The van der Waals surface area contributed by atoms with Gasteiger partial charge in [0.05, 0.1) is 23.8 Å². The van der Waals surface area contributed by atoms with Crippen LogP contribution in [-0.2, 0) is 16.1 Å². The van der Waals surface area contributed by atoms with Crippen LogP contribution in [0.1, 0.15) is 11.1 Å². The van der Waals surface area contributed by atoms with Gasteiger partial charge in [-0.15, -0.1) is 0 Å². The van der Waals surface area contributed by atoms with Crippen LogP contribution in [0.3, 0.4) is 0 Å². The molecule has 1 fully saturated rings. The minimum Gasteiger partial charge on any atom is -0.489 e. The Kier molecular flexibility index (Phi) is 7.25. The van der Waals surface area contributed by atoms with Gasteiger partial charge in [0.2, 0.25) is 0 Å². The normalized spacial score (nSPS) is 16.5. The van der Waals surface area contributed by atoms with Crippen LogP contribution in [0.15, 0.2) is 95.0 Å². The van der Waals surface area contributed by atoms with Crippen molar-refractivity contribution in [2.45, 2.75) is 6.61 Å². The molecule has 1 aromatic heterocycles. The smallest absolute Gasteiger partial charge is 0.286 e. The number of halogens is 1. The molecule has 0 atom stereocenters. The summed E-state index contributed by atoms with van der Waals surface area (Å²) in [7, 11) is 0. The van der Waals surface area contributed by atoms with Gasteiger partial charge in [-0.1, -0.05) is 42.5 Å². The summed E-state index contributed by atoms with van der Waals surface area (Å²) in [5, 5.41) is 5.60. The number of hydrogen-bond acceptors (Lipinski definition) is 6. The summed E-state index contributed by atoms with van der Waals surface area (Å²) < 4.78 is 26.5. The molecule has 2 aliphatic rings. The van der Waals surface area contributed by atoms with Crippen molar-refractivity contribution in [2.75, 3.05) is 26.3 Å². The highest BCUT2D eigenvalue weighted by Crippen LogP contribution is 2.34. The van der Waals surface area contributed by atoms with Gasteiger partial charge in [-0.25, -0.2) is 9.07 Å². The second kappa shape index (κ2) is 11.3. The van der Waals surface area contributed by atoms with Gasteiger partial charge in [0.15, 0.2) is 5.17 Å². The first-order valence-electron chi connectivity index (χ1n) is 12.6. The highest BCUT2D eigenvalue weighted by atomic mass is 32.2. The minimum atomic E-state index is -0.280. The molecule has 6 rings (SSSR count). The lowest BCUT2D eigenvalue weighted by Crippen LogP contribution is -2.38. The van der Waals surface area contributed by atoms with E-state index in [2.05, 4.69) is 9.89 Å². The Morgan fingerprint density at radius 2 is 1.79 bits per heavy atom. The number of morpholine rings is 1. The first-order chi connectivity index (χ1) is 19.1. The molecule has 7 nitrogen and oxygen atoms in total. The van der Waals surface area contributed by atoms with Gasteiger partial charge in [0.1, 0.15) is 23.9 Å². The average molecular weight is 541 g/mol. The standard InChI is InChI=1S/C30H25FN4O3S/c31-24-11-9-21(10-12-24)20-38-26-8-4-5-22(17-26)28-23(19-35(33-28)25-6-2-1-3-7-25)18-27-29(36)32-30(39-27)34-13-15-37-16-14-34/h1-12,17-19H,13-16,20H2/b27-18-. The van der Waals surface area contributed by atoms with Gasteiger partial charge in [-0.05, 0) is 59.8 Å². The zero-order valence-electron chi connectivity index (χ0n) is 21.0. The molecule has 2 aliphatic heterocycles. The van der Waals surface area contributed by atoms with Crippen LogP contribution in [0.2, 0.25) is 0 Å². The predicted molar refractivity (Wildman–Crippen MR) is 150 cm³/mol. The van der Waals surface area contributed by atoms with Gasteiger partial charge in [0, 0.05) is 30.4 Å². The number of aliphatic imine (C=N–C) groups is 1. The Morgan fingerprint density at radius 1 is 1.00 bits per heavy atom. The van der Waals surface area contributed by atoms with Crippen molar-refractivity contribution >= 4 is 28.9 Å². The number of carbonyl (C=O) groups is 1. The van der Waals surface area contributed by atoms with Crippen LogP contribution < -0.4 is 4.74 Å². The molecule has 1 saturated heterocycles. The summed E-state index contributed by atoms with van der Waals surface area (Å²) in [6, 6.07) is 23.7. The van der Waals surface area contributed by atoms with Crippen molar-refractivity contribution in [3.8, 4) is 22.7 Å². The number of hydrogen-bond donors (Lipinski definition) is 0. The van der Waals surface area contributed by atoms with E-state index >= 15 is 0 Å². The van der Waals surface area contributed by atoms with Crippen molar-refractivity contribution in [3.05, 3.63) is 107 Å². The number of para-hydroxylation sites is 1. The third kappa shape index (κ3) is 5.79. The van der Waals surface area contributed by atoms with Crippen molar-refractivity contribution < 1.29 is 18.7 Å².